The summed E-state index contributed by atoms with van der Waals surface area (Å²) in [6, 6.07) is 22.7. The number of esters is 1. The summed E-state index contributed by atoms with van der Waals surface area (Å²) in [4.78, 5) is 27.8. The molecule has 1 aliphatic heterocycles. The second kappa shape index (κ2) is 10.7. The highest BCUT2D eigenvalue weighted by atomic mass is 32.2. The number of non-ortho nitro benzene ring substituents is 1. The first kappa shape index (κ1) is 23.7. The van der Waals surface area contributed by atoms with Crippen LogP contribution in [0.1, 0.15) is 12.5 Å². The molecule has 0 saturated carbocycles. The number of hydrazone groups is 1. The van der Waals surface area contributed by atoms with Gasteiger partial charge in [0.15, 0.2) is 0 Å². The van der Waals surface area contributed by atoms with E-state index in [1.165, 1.54) is 17.1 Å². The number of benzene rings is 3. The molecule has 0 radical (unpaired) electrons. The van der Waals surface area contributed by atoms with Crippen LogP contribution < -0.4 is 10.7 Å². The Kier molecular flexibility index (Phi) is 7.22. The lowest BCUT2D eigenvalue weighted by atomic mass is 10.1. The minimum Gasteiger partial charge on any atom is -0.461 e. The van der Waals surface area contributed by atoms with Crippen LogP contribution in [0.2, 0.25) is 0 Å². The fourth-order valence-corrected chi connectivity index (χ4v) is 4.06. The van der Waals surface area contributed by atoms with Crippen molar-refractivity contribution in [3.63, 3.8) is 0 Å². The summed E-state index contributed by atoms with van der Waals surface area (Å²) in [7, 11) is 0. The number of carbonyl (C=O) groups excluding carboxylic acids is 1. The molecule has 1 aliphatic rings. The Morgan fingerprint density at radius 2 is 1.80 bits per heavy atom. The van der Waals surface area contributed by atoms with Crippen LogP contribution in [-0.4, -0.2) is 28.3 Å². The summed E-state index contributed by atoms with van der Waals surface area (Å²) in [6.07, 6.45) is 1.80. The van der Waals surface area contributed by atoms with Gasteiger partial charge >= 0.3 is 5.97 Å². The van der Waals surface area contributed by atoms with Crippen LogP contribution in [0.15, 0.2) is 100 Å². The first-order chi connectivity index (χ1) is 17.0. The van der Waals surface area contributed by atoms with Gasteiger partial charge in [0.2, 0.25) is 5.04 Å². The van der Waals surface area contributed by atoms with Crippen LogP contribution in [0.3, 0.4) is 0 Å². The third kappa shape index (κ3) is 5.56. The van der Waals surface area contributed by atoms with Crippen molar-refractivity contribution in [2.24, 2.45) is 10.1 Å². The molecule has 0 saturated heterocycles. The molecule has 0 amide bonds. The summed E-state index contributed by atoms with van der Waals surface area (Å²) >= 11 is 1.13. The van der Waals surface area contributed by atoms with Gasteiger partial charge in [-0.25, -0.2) is 14.8 Å². The minimum atomic E-state index is -0.557. The van der Waals surface area contributed by atoms with Gasteiger partial charge in [0.1, 0.15) is 5.03 Å². The number of allylic oxidation sites excluding steroid dienone is 1. The SMILES string of the molecule is CCOC(=O)C1=NN(c2ccc([N+](=O)[O-])cc2)/C(=C\C(=Nc2ccccc2N)c2ccccc2)S1. The molecule has 0 spiro atoms. The normalized spacial score (nSPS) is 14.7. The number of hydrogen-bond donors (Lipinski definition) is 1. The van der Waals surface area contributed by atoms with E-state index in [0.717, 1.165) is 17.3 Å². The number of nitrogens with two attached hydrogens (primary N) is 1. The average molecular weight is 488 g/mol. The molecule has 4 rings (SSSR count). The van der Waals surface area contributed by atoms with Crippen LogP contribution in [0.25, 0.3) is 0 Å². The van der Waals surface area contributed by atoms with E-state index in [9.17, 15) is 14.9 Å². The monoisotopic (exact) mass is 487 g/mol. The second-order valence-corrected chi connectivity index (χ2v) is 8.23. The average Bonchev–Trinajstić information content (AvgIpc) is 3.29. The lowest BCUT2D eigenvalue weighted by molar-refractivity contribution is -0.384. The lowest BCUT2D eigenvalue weighted by Gasteiger charge is -2.16. The van der Waals surface area contributed by atoms with Crippen molar-refractivity contribution in [3.05, 3.63) is 106 Å². The van der Waals surface area contributed by atoms with Crippen molar-refractivity contribution in [2.45, 2.75) is 6.92 Å². The maximum atomic E-state index is 12.4. The first-order valence-electron chi connectivity index (χ1n) is 10.6. The Bertz CT molecular complexity index is 1340. The number of nitro groups is 1. The van der Waals surface area contributed by atoms with E-state index in [4.69, 9.17) is 15.5 Å². The number of carbonyl (C=O) groups is 1. The van der Waals surface area contributed by atoms with Gasteiger partial charge in [0.25, 0.3) is 5.69 Å². The molecule has 0 fully saturated rings. The fraction of sp³-hybridized carbons (Fsp3) is 0.0800. The van der Waals surface area contributed by atoms with Gasteiger partial charge < -0.3 is 10.5 Å². The maximum absolute atomic E-state index is 12.4. The molecule has 0 aliphatic carbocycles. The Morgan fingerprint density at radius 3 is 2.46 bits per heavy atom. The molecule has 2 N–H and O–H groups in total. The molecule has 35 heavy (non-hydrogen) atoms. The van der Waals surface area contributed by atoms with Gasteiger partial charge in [0, 0.05) is 17.7 Å². The third-order valence-corrected chi connectivity index (χ3v) is 5.80. The van der Waals surface area contributed by atoms with Gasteiger partial charge in [0.05, 0.1) is 34.3 Å². The summed E-state index contributed by atoms with van der Waals surface area (Å²) in [5.41, 5.74) is 9.16. The molecule has 0 atom stereocenters. The lowest BCUT2D eigenvalue weighted by Crippen LogP contribution is -2.13. The van der Waals surface area contributed by atoms with E-state index in [1.807, 2.05) is 48.5 Å². The highest BCUT2D eigenvalue weighted by Gasteiger charge is 2.29. The Hall–Kier alpha value is -4.44. The molecule has 0 bridgehead atoms. The van der Waals surface area contributed by atoms with Crippen LogP contribution >= 0.6 is 11.8 Å². The molecular weight excluding hydrogens is 466 g/mol. The summed E-state index contributed by atoms with van der Waals surface area (Å²) in [5.74, 6) is -0.557. The van der Waals surface area contributed by atoms with Crippen LogP contribution in [-0.2, 0) is 9.53 Å². The van der Waals surface area contributed by atoms with Crippen molar-refractivity contribution in [3.8, 4) is 0 Å². The van der Waals surface area contributed by atoms with Crippen molar-refractivity contribution in [2.75, 3.05) is 17.3 Å². The van der Waals surface area contributed by atoms with Gasteiger partial charge in [-0.2, -0.15) is 5.10 Å². The molecule has 3 aromatic rings. The smallest absolute Gasteiger partial charge is 0.365 e. The number of thioether (sulfide) groups is 1. The Morgan fingerprint density at radius 1 is 1.11 bits per heavy atom. The van der Waals surface area contributed by atoms with Crippen LogP contribution in [0, 0.1) is 10.1 Å². The number of nitrogen functional groups attached to an aromatic ring is 1. The number of nitrogens with zero attached hydrogens (tertiary/aromatic N) is 4. The summed E-state index contributed by atoms with van der Waals surface area (Å²) < 4.78 is 5.13. The van der Waals surface area contributed by atoms with E-state index < -0.39 is 10.9 Å². The zero-order valence-electron chi connectivity index (χ0n) is 18.7. The molecule has 0 unspecified atom stereocenters. The van der Waals surface area contributed by atoms with Crippen molar-refractivity contribution < 1.29 is 14.5 Å². The summed E-state index contributed by atoms with van der Waals surface area (Å²) in [6.45, 7) is 1.92. The van der Waals surface area contributed by atoms with Crippen molar-refractivity contribution >= 4 is 51.2 Å². The fourth-order valence-electron chi connectivity index (χ4n) is 3.19. The topological polar surface area (TPSA) is 123 Å². The Labute approximate surface area is 205 Å². The number of ether oxygens (including phenoxy) is 1. The minimum absolute atomic E-state index is 0.0492. The molecule has 9 nitrogen and oxygen atoms in total. The predicted octanol–water partition coefficient (Wildman–Crippen LogP) is 5.27. The number of hydrogen-bond acceptors (Lipinski definition) is 9. The van der Waals surface area contributed by atoms with Gasteiger partial charge in [-0.1, -0.05) is 42.5 Å². The number of rotatable bonds is 7. The van der Waals surface area contributed by atoms with Crippen LogP contribution in [0.5, 0.6) is 0 Å². The molecule has 0 aromatic heterocycles. The van der Waals surface area contributed by atoms with Crippen molar-refractivity contribution in [1.29, 1.82) is 0 Å². The van der Waals surface area contributed by atoms with E-state index >= 15 is 0 Å². The van der Waals surface area contributed by atoms with E-state index in [1.54, 1.807) is 31.2 Å². The molecule has 1 heterocycles. The van der Waals surface area contributed by atoms with E-state index in [0.29, 0.717) is 27.8 Å². The molecule has 3 aromatic carbocycles. The first-order valence-corrected chi connectivity index (χ1v) is 11.5. The Balaban J connectivity index is 1.81. The highest BCUT2D eigenvalue weighted by Crippen LogP contribution is 2.36. The predicted molar refractivity (Wildman–Crippen MR) is 139 cm³/mol. The quantitative estimate of drug-likeness (QED) is 0.158. The van der Waals surface area contributed by atoms with E-state index in [-0.39, 0.29) is 17.3 Å². The molecule has 10 heteroatoms. The highest BCUT2D eigenvalue weighted by molar-refractivity contribution is 8.19. The third-order valence-electron chi connectivity index (χ3n) is 4.86. The molecule has 176 valence electrons. The largest absolute Gasteiger partial charge is 0.461 e. The number of para-hydroxylation sites is 2. The second-order valence-electron chi connectivity index (χ2n) is 7.22. The zero-order valence-corrected chi connectivity index (χ0v) is 19.5. The van der Waals surface area contributed by atoms with E-state index in [2.05, 4.69) is 5.10 Å². The molecular formula is C25H21N5O4S. The zero-order chi connectivity index (χ0) is 24.8. The van der Waals surface area contributed by atoms with Crippen LogP contribution in [0.4, 0.5) is 22.7 Å². The number of anilines is 2. The van der Waals surface area contributed by atoms with Gasteiger partial charge in [-0.15, -0.1) is 0 Å². The standard InChI is InChI=1S/C25H21N5O4S/c1-2-34-25(31)24-28-29(18-12-14-19(15-13-18)30(32)33)23(35-24)16-22(17-8-4-3-5-9-17)27-21-11-7-6-10-20(21)26/h3-16H,2,26H2,1H3/b23-16+,27-22?. The summed E-state index contributed by atoms with van der Waals surface area (Å²) in [5, 5.41) is 17.7. The van der Waals surface area contributed by atoms with Gasteiger partial charge in [-0.3, -0.25) is 10.1 Å². The number of nitro benzene ring substituents is 1. The van der Waals surface area contributed by atoms with Crippen molar-refractivity contribution in [1.82, 2.24) is 0 Å². The van der Waals surface area contributed by atoms with Gasteiger partial charge in [-0.05, 0) is 49.0 Å². The maximum Gasteiger partial charge on any atom is 0.365 e. The number of aliphatic imine (C=N–C) groups is 1.